The van der Waals surface area contributed by atoms with E-state index in [1.807, 2.05) is 24.4 Å². The van der Waals surface area contributed by atoms with Gasteiger partial charge in [0.05, 0.1) is 5.69 Å². The lowest BCUT2D eigenvalue weighted by Crippen LogP contribution is -2.55. The van der Waals surface area contributed by atoms with Gasteiger partial charge in [-0.3, -0.25) is 25.3 Å². The molecule has 3 heterocycles. The molecular weight excluding hydrogens is 328 g/mol. The van der Waals surface area contributed by atoms with Crippen LogP contribution in [0.4, 0.5) is 0 Å². The Morgan fingerprint density at radius 1 is 1.12 bits per heavy atom. The molecule has 0 amide bonds. The molecule has 26 heavy (non-hydrogen) atoms. The largest absolute Gasteiger partial charge is 0.311 e. The Morgan fingerprint density at radius 2 is 2.00 bits per heavy atom. The van der Waals surface area contributed by atoms with Gasteiger partial charge in [-0.05, 0) is 30.2 Å². The normalized spacial score (nSPS) is 18.5. The Bertz CT molecular complexity index is 878. The lowest BCUT2D eigenvalue weighted by atomic mass is 10.2. The van der Waals surface area contributed by atoms with E-state index >= 15 is 0 Å². The van der Waals surface area contributed by atoms with Gasteiger partial charge in [0.15, 0.2) is 0 Å². The smallest absolute Gasteiger partial charge is 0.203 e. The van der Waals surface area contributed by atoms with Crippen molar-refractivity contribution >= 4 is 17.5 Å². The summed E-state index contributed by atoms with van der Waals surface area (Å²) in [6.45, 7) is 0.566. The third kappa shape index (κ3) is 4.21. The van der Waals surface area contributed by atoms with Gasteiger partial charge in [-0.15, -0.1) is 0 Å². The number of allylic oxidation sites excluding steroid dienone is 1. The Morgan fingerprint density at radius 3 is 2.69 bits per heavy atom. The van der Waals surface area contributed by atoms with E-state index in [0.717, 1.165) is 12.0 Å². The van der Waals surface area contributed by atoms with E-state index < -0.39 is 0 Å². The standard InChI is InChI=1S/C18H18N8/c1-20-17-24-16(14(11-19)15-6-2-3-9-22-15)25-18(26-17)23-10-7-13-5-4-8-21-12-13/h2-6,8-9,12H,7,10H2,1H3,(H3,20,23,24,25,26)/b16-14+. The van der Waals surface area contributed by atoms with Crippen molar-refractivity contribution in [1.82, 2.24) is 25.9 Å². The Labute approximate surface area is 151 Å². The van der Waals surface area contributed by atoms with Crippen LogP contribution in [0, 0.1) is 11.3 Å². The fourth-order valence-electron chi connectivity index (χ4n) is 2.35. The number of nitrogens with one attached hydrogen (secondary N) is 3. The quantitative estimate of drug-likeness (QED) is 0.714. The predicted molar refractivity (Wildman–Crippen MR) is 99.8 cm³/mol. The summed E-state index contributed by atoms with van der Waals surface area (Å²) in [5.74, 6) is 1.51. The van der Waals surface area contributed by atoms with Gasteiger partial charge in [-0.2, -0.15) is 5.26 Å². The van der Waals surface area contributed by atoms with Crippen LogP contribution in [0.5, 0.6) is 0 Å². The van der Waals surface area contributed by atoms with Crippen molar-refractivity contribution in [2.24, 2.45) is 9.98 Å². The molecular formula is C18H18N8. The summed E-state index contributed by atoms with van der Waals surface area (Å²) in [6.07, 6.45) is 5.97. The van der Waals surface area contributed by atoms with Crippen LogP contribution >= 0.6 is 0 Å². The molecule has 3 rings (SSSR count). The predicted octanol–water partition coefficient (Wildman–Crippen LogP) is 1.04. The molecule has 0 aromatic carbocycles. The van der Waals surface area contributed by atoms with Gasteiger partial charge < -0.3 is 10.6 Å². The highest BCUT2D eigenvalue weighted by Crippen LogP contribution is 2.13. The monoisotopic (exact) mass is 346 g/mol. The second-order valence-corrected chi connectivity index (χ2v) is 5.37. The van der Waals surface area contributed by atoms with Crippen molar-refractivity contribution in [2.45, 2.75) is 6.42 Å². The van der Waals surface area contributed by atoms with E-state index in [-0.39, 0.29) is 0 Å². The number of hydrogen-bond donors (Lipinski definition) is 3. The van der Waals surface area contributed by atoms with Crippen LogP contribution in [-0.2, 0) is 6.42 Å². The summed E-state index contributed by atoms with van der Waals surface area (Å²) < 4.78 is 0. The van der Waals surface area contributed by atoms with Crippen LogP contribution in [0.15, 0.2) is 64.7 Å². The molecule has 0 spiro atoms. The number of nitrogens with zero attached hydrogens (tertiary/aromatic N) is 5. The first kappa shape index (κ1) is 17.1. The van der Waals surface area contributed by atoms with Crippen LogP contribution in [0.3, 0.4) is 0 Å². The number of guanidine groups is 2. The van der Waals surface area contributed by atoms with Crippen LogP contribution in [0.2, 0.25) is 0 Å². The summed E-state index contributed by atoms with van der Waals surface area (Å²) in [4.78, 5) is 17.0. The summed E-state index contributed by atoms with van der Waals surface area (Å²) in [6, 6.07) is 11.5. The van der Waals surface area contributed by atoms with Gasteiger partial charge in [0.25, 0.3) is 0 Å². The molecule has 8 heteroatoms. The molecule has 2 aromatic heterocycles. The van der Waals surface area contributed by atoms with Gasteiger partial charge in [0.2, 0.25) is 11.9 Å². The van der Waals surface area contributed by atoms with E-state index in [2.05, 4.69) is 42.0 Å². The zero-order chi connectivity index (χ0) is 18.2. The van der Waals surface area contributed by atoms with Crippen molar-refractivity contribution in [3.05, 3.63) is 66.0 Å². The maximum absolute atomic E-state index is 9.57. The lowest BCUT2D eigenvalue weighted by Gasteiger charge is -2.24. The topological polar surface area (TPSA) is 110 Å². The molecule has 0 aliphatic carbocycles. The summed E-state index contributed by atoms with van der Waals surface area (Å²) in [5.41, 5.74) is 2.06. The molecule has 1 fully saturated rings. The number of aromatic nitrogens is 2. The molecule has 0 atom stereocenters. The Balaban J connectivity index is 1.81. The average Bonchev–Trinajstić information content (AvgIpc) is 2.70. The molecule has 130 valence electrons. The van der Waals surface area contributed by atoms with Crippen molar-refractivity contribution in [2.75, 3.05) is 13.6 Å². The summed E-state index contributed by atoms with van der Waals surface area (Å²) in [5, 5.41) is 18.8. The van der Waals surface area contributed by atoms with Gasteiger partial charge in [-0.25, -0.2) is 0 Å². The van der Waals surface area contributed by atoms with Crippen LogP contribution in [0.1, 0.15) is 11.3 Å². The van der Waals surface area contributed by atoms with Gasteiger partial charge in [-0.1, -0.05) is 12.1 Å². The molecule has 1 saturated heterocycles. The van der Waals surface area contributed by atoms with Crippen molar-refractivity contribution < 1.29 is 0 Å². The van der Waals surface area contributed by atoms with Gasteiger partial charge in [0, 0.05) is 32.2 Å². The van der Waals surface area contributed by atoms with Crippen molar-refractivity contribution in [1.29, 1.82) is 5.26 Å². The van der Waals surface area contributed by atoms with Crippen LogP contribution in [0.25, 0.3) is 5.57 Å². The fraction of sp³-hybridized carbons (Fsp3) is 0.167. The molecule has 0 unspecified atom stereocenters. The fourth-order valence-corrected chi connectivity index (χ4v) is 2.35. The number of pyridine rings is 2. The van der Waals surface area contributed by atoms with Gasteiger partial charge >= 0.3 is 0 Å². The molecule has 1 aliphatic rings. The van der Waals surface area contributed by atoms with E-state index in [9.17, 15) is 5.26 Å². The highest BCUT2D eigenvalue weighted by Gasteiger charge is 2.19. The Hall–Kier alpha value is -3.73. The summed E-state index contributed by atoms with van der Waals surface area (Å²) in [7, 11) is 1.65. The zero-order valence-corrected chi connectivity index (χ0v) is 14.3. The molecule has 0 radical (unpaired) electrons. The average molecular weight is 346 g/mol. The lowest BCUT2D eigenvalue weighted by molar-refractivity contribution is 0.853. The molecule has 8 nitrogen and oxygen atoms in total. The third-order valence-electron chi connectivity index (χ3n) is 3.62. The number of nitriles is 1. The molecule has 2 aromatic rings. The highest BCUT2D eigenvalue weighted by atomic mass is 15.4. The second-order valence-electron chi connectivity index (χ2n) is 5.37. The van der Waals surface area contributed by atoms with E-state index in [4.69, 9.17) is 0 Å². The van der Waals surface area contributed by atoms with Gasteiger partial charge in [0.1, 0.15) is 17.5 Å². The second kappa shape index (κ2) is 8.39. The van der Waals surface area contributed by atoms with Crippen molar-refractivity contribution in [3.63, 3.8) is 0 Å². The molecule has 0 saturated carbocycles. The van der Waals surface area contributed by atoms with E-state index in [1.165, 1.54) is 0 Å². The third-order valence-corrected chi connectivity index (χ3v) is 3.62. The minimum Gasteiger partial charge on any atom is -0.311 e. The van der Waals surface area contributed by atoms with Crippen LogP contribution < -0.4 is 16.0 Å². The minimum atomic E-state index is 0.383. The van der Waals surface area contributed by atoms with E-state index in [0.29, 0.717) is 35.6 Å². The molecule has 0 bridgehead atoms. The first-order chi connectivity index (χ1) is 12.8. The highest BCUT2D eigenvalue weighted by molar-refractivity contribution is 6.04. The number of aliphatic imine (C=N–C) groups is 2. The molecule has 3 N–H and O–H groups in total. The van der Waals surface area contributed by atoms with E-state index in [1.54, 1.807) is 31.6 Å². The SMILES string of the molecule is CN=C1NC(=NCCc2cccnc2)N/C(=C(\C#N)c2ccccn2)N1. The maximum atomic E-state index is 9.57. The van der Waals surface area contributed by atoms with Crippen molar-refractivity contribution in [3.8, 4) is 6.07 Å². The van der Waals surface area contributed by atoms with Crippen LogP contribution in [-0.4, -0.2) is 35.5 Å². The zero-order valence-electron chi connectivity index (χ0n) is 14.3. The summed E-state index contributed by atoms with van der Waals surface area (Å²) >= 11 is 0. The first-order valence-electron chi connectivity index (χ1n) is 8.07. The number of hydrogen-bond acceptors (Lipinski definition) is 5. The maximum Gasteiger partial charge on any atom is 0.203 e. The molecule has 1 aliphatic heterocycles. The minimum absolute atomic E-state index is 0.383. The Kier molecular flexibility index (Phi) is 5.52. The first-order valence-corrected chi connectivity index (χ1v) is 8.07. The number of rotatable bonds is 4.